The van der Waals surface area contributed by atoms with Crippen LogP contribution in [0.4, 0.5) is 0 Å². The van der Waals surface area contributed by atoms with Crippen LogP contribution in [0.15, 0.2) is 24.3 Å². The molecule has 1 aromatic carbocycles. The Hall–Kier alpha value is -1.55. The minimum atomic E-state index is -0.200. The third kappa shape index (κ3) is 5.36. The number of aromatic hydroxyl groups is 1. The molecule has 4 heteroatoms. The normalized spacial score (nSPS) is 10.5. The molecule has 0 radical (unpaired) electrons. The van der Waals surface area contributed by atoms with Crippen LogP contribution in [0.5, 0.6) is 5.75 Å². The van der Waals surface area contributed by atoms with Gasteiger partial charge in [0.05, 0.1) is 6.61 Å². The highest BCUT2D eigenvalue weighted by Gasteiger charge is 2.04. The molecule has 0 atom stereocenters. The molecule has 0 saturated carbocycles. The molecule has 17 heavy (non-hydrogen) atoms. The van der Waals surface area contributed by atoms with E-state index in [1.165, 1.54) is 12.1 Å². The zero-order valence-corrected chi connectivity index (χ0v) is 10.3. The van der Waals surface area contributed by atoms with Gasteiger partial charge in [-0.1, -0.05) is 19.9 Å². The molecule has 0 saturated heterocycles. The lowest BCUT2D eigenvalue weighted by Crippen LogP contribution is -2.27. The predicted molar refractivity (Wildman–Crippen MR) is 66.1 cm³/mol. The zero-order valence-electron chi connectivity index (χ0n) is 10.3. The van der Waals surface area contributed by atoms with E-state index in [0.717, 1.165) is 0 Å². The molecule has 1 amide bonds. The first-order valence-electron chi connectivity index (χ1n) is 5.74. The van der Waals surface area contributed by atoms with Crippen molar-refractivity contribution in [1.82, 2.24) is 5.32 Å². The molecular formula is C13H19NO3. The average Bonchev–Trinajstić information content (AvgIpc) is 2.28. The Kier molecular flexibility index (Phi) is 5.49. The van der Waals surface area contributed by atoms with Crippen molar-refractivity contribution in [2.75, 3.05) is 19.8 Å². The fourth-order valence-electron chi connectivity index (χ4n) is 1.30. The molecule has 0 fully saturated rings. The highest BCUT2D eigenvalue weighted by atomic mass is 16.5. The number of amides is 1. The molecule has 0 aromatic heterocycles. The Balaban J connectivity index is 2.26. The van der Waals surface area contributed by atoms with Gasteiger partial charge in [0.1, 0.15) is 5.75 Å². The standard InChI is InChI=1S/C13H19NO3/c1-10(2)9-17-7-6-14-13(16)11-4-3-5-12(15)8-11/h3-5,8,10,15H,6-7,9H2,1-2H3,(H,14,16). The van der Waals surface area contributed by atoms with Gasteiger partial charge in [-0.3, -0.25) is 4.79 Å². The van der Waals surface area contributed by atoms with E-state index in [9.17, 15) is 9.90 Å². The number of hydrogen-bond acceptors (Lipinski definition) is 3. The SMILES string of the molecule is CC(C)COCCNC(=O)c1cccc(O)c1. The lowest BCUT2D eigenvalue weighted by molar-refractivity contribution is 0.0886. The molecule has 0 heterocycles. The van der Waals surface area contributed by atoms with Gasteiger partial charge >= 0.3 is 0 Å². The fourth-order valence-corrected chi connectivity index (χ4v) is 1.30. The van der Waals surface area contributed by atoms with Crippen molar-refractivity contribution in [1.29, 1.82) is 0 Å². The summed E-state index contributed by atoms with van der Waals surface area (Å²) in [6, 6.07) is 6.26. The molecule has 0 aliphatic heterocycles. The maximum Gasteiger partial charge on any atom is 0.251 e. The molecule has 94 valence electrons. The minimum Gasteiger partial charge on any atom is -0.508 e. The molecule has 1 rings (SSSR count). The summed E-state index contributed by atoms with van der Waals surface area (Å²) in [4.78, 5) is 11.6. The van der Waals surface area contributed by atoms with Crippen LogP contribution in [0.2, 0.25) is 0 Å². The lowest BCUT2D eigenvalue weighted by atomic mass is 10.2. The third-order valence-corrected chi connectivity index (χ3v) is 2.09. The van der Waals surface area contributed by atoms with Crippen molar-refractivity contribution in [3.63, 3.8) is 0 Å². The van der Waals surface area contributed by atoms with Gasteiger partial charge in [0.15, 0.2) is 0 Å². The molecule has 0 unspecified atom stereocenters. The van der Waals surface area contributed by atoms with E-state index in [0.29, 0.717) is 31.2 Å². The van der Waals surface area contributed by atoms with E-state index in [1.54, 1.807) is 12.1 Å². The maximum absolute atomic E-state index is 11.6. The Morgan fingerprint density at radius 1 is 1.47 bits per heavy atom. The Labute approximate surface area is 102 Å². The molecule has 0 spiro atoms. The van der Waals surface area contributed by atoms with Crippen molar-refractivity contribution in [2.45, 2.75) is 13.8 Å². The first-order valence-corrected chi connectivity index (χ1v) is 5.74. The summed E-state index contributed by atoms with van der Waals surface area (Å²) in [7, 11) is 0. The number of benzene rings is 1. The second-order valence-corrected chi connectivity index (χ2v) is 4.27. The quantitative estimate of drug-likeness (QED) is 0.742. The maximum atomic E-state index is 11.6. The molecule has 4 nitrogen and oxygen atoms in total. The van der Waals surface area contributed by atoms with Crippen LogP contribution in [-0.4, -0.2) is 30.8 Å². The monoisotopic (exact) mass is 237 g/mol. The highest BCUT2D eigenvalue weighted by molar-refractivity contribution is 5.94. The second-order valence-electron chi connectivity index (χ2n) is 4.27. The Morgan fingerprint density at radius 2 is 2.24 bits per heavy atom. The van der Waals surface area contributed by atoms with Crippen LogP contribution in [0.3, 0.4) is 0 Å². The smallest absolute Gasteiger partial charge is 0.251 e. The number of rotatable bonds is 6. The van der Waals surface area contributed by atoms with E-state index in [1.807, 2.05) is 0 Å². The van der Waals surface area contributed by atoms with E-state index in [-0.39, 0.29) is 11.7 Å². The van der Waals surface area contributed by atoms with Gasteiger partial charge in [-0.05, 0) is 24.1 Å². The van der Waals surface area contributed by atoms with E-state index >= 15 is 0 Å². The zero-order chi connectivity index (χ0) is 12.7. The number of phenols is 1. The summed E-state index contributed by atoms with van der Waals surface area (Å²) >= 11 is 0. The van der Waals surface area contributed by atoms with E-state index in [2.05, 4.69) is 19.2 Å². The molecule has 0 aliphatic carbocycles. The summed E-state index contributed by atoms with van der Waals surface area (Å²) in [5.41, 5.74) is 0.453. The summed E-state index contributed by atoms with van der Waals surface area (Å²) in [6.07, 6.45) is 0. The number of phenolic OH excluding ortho intramolecular Hbond substituents is 1. The van der Waals surface area contributed by atoms with Crippen LogP contribution in [0, 0.1) is 5.92 Å². The van der Waals surface area contributed by atoms with Crippen molar-refractivity contribution < 1.29 is 14.6 Å². The first kappa shape index (κ1) is 13.5. The first-order chi connectivity index (χ1) is 8.09. The fraction of sp³-hybridized carbons (Fsp3) is 0.462. The van der Waals surface area contributed by atoms with Gasteiger partial charge in [-0.15, -0.1) is 0 Å². The predicted octanol–water partition coefficient (Wildman–Crippen LogP) is 1.79. The highest BCUT2D eigenvalue weighted by Crippen LogP contribution is 2.10. The summed E-state index contributed by atoms with van der Waals surface area (Å²) in [5, 5.41) is 12.0. The van der Waals surface area contributed by atoms with Crippen LogP contribution in [0.1, 0.15) is 24.2 Å². The van der Waals surface area contributed by atoms with E-state index in [4.69, 9.17) is 4.74 Å². The topological polar surface area (TPSA) is 58.6 Å². The van der Waals surface area contributed by atoms with Crippen molar-refractivity contribution in [2.24, 2.45) is 5.92 Å². The van der Waals surface area contributed by atoms with Gasteiger partial charge in [-0.2, -0.15) is 0 Å². The molecule has 2 N–H and O–H groups in total. The lowest BCUT2D eigenvalue weighted by Gasteiger charge is -2.08. The Morgan fingerprint density at radius 3 is 2.88 bits per heavy atom. The van der Waals surface area contributed by atoms with Gasteiger partial charge in [0.25, 0.3) is 5.91 Å². The largest absolute Gasteiger partial charge is 0.508 e. The van der Waals surface area contributed by atoms with Crippen LogP contribution < -0.4 is 5.32 Å². The van der Waals surface area contributed by atoms with Crippen LogP contribution in [-0.2, 0) is 4.74 Å². The molecule has 0 aliphatic rings. The van der Waals surface area contributed by atoms with Crippen molar-refractivity contribution in [3.8, 4) is 5.75 Å². The molecular weight excluding hydrogens is 218 g/mol. The van der Waals surface area contributed by atoms with Gasteiger partial charge in [0, 0.05) is 18.7 Å². The second kappa shape index (κ2) is 6.91. The van der Waals surface area contributed by atoms with Crippen LogP contribution >= 0.6 is 0 Å². The Bertz CT molecular complexity index is 363. The van der Waals surface area contributed by atoms with E-state index < -0.39 is 0 Å². The number of hydrogen-bond donors (Lipinski definition) is 2. The summed E-state index contributed by atoms with van der Waals surface area (Å²) in [5.74, 6) is 0.388. The van der Waals surface area contributed by atoms with Crippen molar-refractivity contribution >= 4 is 5.91 Å². The number of carbonyl (C=O) groups is 1. The summed E-state index contributed by atoms with van der Waals surface area (Å²) in [6.45, 7) is 5.82. The third-order valence-electron chi connectivity index (χ3n) is 2.09. The summed E-state index contributed by atoms with van der Waals surface area (Å²) < 4.78 is 5.34. The molecule has 1 aromatic rings. The number of nitrogens with one attached hydrogen (secondary N) is 1. The number of ether oxygens (including phenoxy) is 1. The van der Waals surface area contributed by atoms with Crippen LogP contribution in [0.25, 0.3) is 0 Å². The molecule has 0 bridgehead atoms. The van der Waals surface area contributed by atoms with Gasteiger partial charge in [0.2, 0.25) is 0 Å². The average molecular weight is 237 g/mol. The van der Waals surface area contributed by atoms with Crippen molar-refractivity contribution in [3.05, 3.63) is 29.8 Å². The minimum absolute atomic E-state index is 0.0914. The van der Waals surface area contributed by atoms with Gasteiger partial charge in [-0.25, -0.2) is 0 Å². The number of carbonyl (C=O) groups excluding carboxylic acids is 1. The van der Waals surface area contributed by atoms with Gasteiger partial charge < -0.3 is 15.2 Å².